The van der Waals surface area contributed by atoms with E-state index in [1.54, 1.807) is 0 Å². The van der Waals surface area contributed by atoms with Crippen LogP contribution in [0.25, 0.3) is 0 Å². The summed E-state index contributed by atoms with van der Waals surface area (Å²) in [5.41, 5.74) is 1.05. The predicted octanol–water partition coefficient (Wildman–Crippen LogP) is 3.41. The van der Waals surface area contributed by atoms with E-state index in [9.17, 15) is 4.57 Å². The van der Waals surface area contributed by atoms with Gasteiger partial charge in [0.05, 0.1) is 6.10 Å². The quantitative estimate of drug-likeness (QED) is 0.832. The van der Waals surface area contributed by atoms with Gasteiger partial charge in [-0.3, -0.25) is 4.57 Å². The highest BCUT2D eigenvalue weighted by atomic mass is 31.1. The van der Waals surface area contributed by atoms with Crippen molar-refractivity contribution in [1.82, 2.24) is 0 Å². The van der Waals surface area contributed by atoms with E-state index in [0.29, 0.717) is 18.7 Å². The van der Waals surface area contributed by atoms with Gasteiger partial charge in [-0.25, -0.2) is 0 Å². The largest absolute Gasteiger partial charge is 0.490 e. The van der Waals surface area contributed by atoms with Crippen molar-refractivity contribution < 1.29 is 14.2 Å². The van der Waals surface area contributed by atoms with Gasteiger partial charge in [-0.15, -0.1) is 0 Å². The lowest BCUT2D eigenvalue weighted by Gasteiger charge is -2.24. The van der Waals surface area contributed by atoms with Crippen LogP contribution in [0.15, 0.2) is 24.3 Å². The maximum Gasteiger partial charge on any atom is 0.189 e. The predicted molar refractivity (Wildman–Crippen MR) is 73.7 cm³/mol. The monoisotopic (exact) mass is 268 g/mol. The van der Waals surface area contributed by atoms with Crippen LogP contribution in [0.4, 0.5) is 0 Å². The lowest BCUT2D eigenvalue weighted by molar-refractivity contribution is 0.153. The van der Waals surface area contributed by atoms with E-state index in [0.717, 1.165) is 24.2 Å². The third-order valence-corrected chi connectivity index (χ3v) is 4.10. The van der Waals surface area contributed by atoms with Gasteiger partial charge in [0.15, 0.2) is 8.03 Å². The number of rotatable bonds is 5. The Morgan fingerprint density at radius 3 is 2.67 bits per heavy atom. The average molecular weight is 268 g/mol. The number of hydrogen-bond donors (Lipinski definition) is 1. The summed E-state index contributed by atoms with van der Waals surface area (Å²) in [6, 6.07) is 7.88. The maximum absolute atomic E-state index is 10.8. The second-order valence-corrected chi connectivity index (χ2v) is 6.17. The molecule has 1 aromatic rings. The third kappa shape index (κ3) is 4.15. The zero-order valence-corrected chi connectivity index (χ0v) is 11.6. The van der Waals surface area contributed by atoms with Crippen LogP contribution in [0, 0.1) is 0 Å². The van der Waals surface area contributed by atoms with Gasteiger partial charge in [0.1, 0.15) is 5.75 Å². The molecule has 1 aromatic carbocycles. The van der Waals surface area contributed by atoms with Gasteiger partial charge >= 0.3 is 0 Å². The van der Waals surface area contributed by atoms with Crippen LogP contribution in [0.3, 0.4) is 0 Å². The average Bonchev–Trinajstić information content (AvgIpc) is 2.39. The fourth-order valence-electron chi connectivity index (χ4n) is 2.43. The Kier molecular flexibility index (Phi) is 5.27. The number of benzene rings is 1. The Balaban J connectivity index is 1.99. The Morgan fingerprint density at radius 2 is 1.94 bits per heavy atom. The van der Waals surface area contributed by atoms with Crippen LogP contribution in [0.2, 0.25) is 0 Å². The molecule has 2 rings (SSSR count). The number of para-hydroxylation sites is 1. The Hall–Kier alpha value is -0.790. The molecule has 0 aromatic heterocycles. The zero-order chi connectivity index (χ0) is 12.8. The van der Waals surface area contributed by atoms with Crippen LogP contribution < -0.4 is 4.74 Å². The van der Waals surface area contributed by atoms with Crippen LogP contribution in [0.1, 0.15) is 37.7 Å². The molecule has 4 heteroatoms. The van der Waals surface area contributed by atoms with Gasteiger partial charge in [0.25, 0.3) is 0 Å². The SMILES string of the molecule is O=[PH](O)CCc1ccccc1OC1CCCCC1. The molecule has 0 amide bonds. The molecule has 1 aliphatic carbocycles. The fraction of sp³-hybridized carbons (Fsp3) is 0.571. The summed E-state index contributed by atoms with van der Waals surface area (Å²) in [4.78, 5) is 8.93. The Morgan fingerprint density at radius 1 is 1.22 bits per heavy atom. The topological polar surface area (TPSA) is 46.5 Å². The molecular formula is C14H21O3P. The third-order valence-electron chi connectivity index (χ3n) is 3.43. The number of ether oxygens (including phenoxy) is 1. The molecule has 1 atom stereocenters. The molecule has 100 valence electrons. The molecule has 1 unspecified atom stereocenters. The first kappa shape index (κ1) is 13.6. The first-order chi connectivity index (χ1) is 8.75. The van der Waals surface area contributed by atoms with Gasteiger partial charge in [0, 0.05) is 6.16 Å². The van der Waals surface area contributed by atoms with Crippen molar-refractivity contribution in [2.24, 2.45) is 0 Å². The lowest BCUT2D eigenvalue weighted by atomic mass is 9.97. The lowest BCUT2D eigenvalue weighted by Crippen LogP contribution is -2.20. The van der Waals surface area contributed by atoms with Gasteiger partial charge in [-0.05, 0) is 43.7 Å². The molecule has 0 spiro atoms. The van der Waals surface area contributed by atoms with E-state index in [2.05, 4.69) is 0 Å². The second kappa shape index (κ2) is 6.96. The summed E-state index contributed by atoms with van der Waals surface area (Å²) in [5, 5.41) is 0. The van der Waals surface area contributed by atoms with Crippen molar-refractivity contribution in [2.75, 3.05) is 6.16 Å². The molecule has 1 N–H and O–H groups in total. The smallest absolute Gasteiger partial charge is 0.189 e. The summed E-state index contributed by atoms with van der Waals surface area (Å²) in [6.45, 7) is 0. The molecule has 18 heavy (non-hydrogen) atoms. The molecule has 1 fully saturated rings. The van der Waals surface area contributed by atoms with E-state index in [4.69, 9.17) is 9.63 Å². The van der Waals surface area contributed by atoms with Crippen molar-refractivity contribution in [3.05, 3.63) is 29.8 Å². The van der Waals surface area contributed by atoms with E-state index in [1.165, 1.54) is 19.3 Å². The Labute approximate surface area is 109 Å². The molecule has 1 aliphatic rings. The van der Waals surface area contributed by atoms with E-state index < -0.39 is 8.03 Å². The highest BCUT2D eigenvalue weighted by Gasteiger charge is 2.16. The molecule has 0 bridgehead atoms. The normalized spacial score (nSPS) is 18.5. The minimum Gasteiger partial charge on any atom is -0.490 e. The molecule has 1 saturated carbocycles. The van der Waals surface area contributed by atoms with Gasteiger partial charge in [-0.1, -0.05) is 24.6 Å². The van der Waals surface area contributed by atoms with Crippen molar-refractivity contribution in [3.63, 3.8) is 0 Å². The van der Waals surface area contributed by atoms with Crippen molar-refractivity contribution >= 4 is 8.03 Å². The van der Waals surface area contributed by atoms with E-state index >= 15 is 0 Å². The molecular weight excluding hydrogens is 247 g/mol. The highest BCUT2D eigenvalue weighted by Crippen LogP contribution is 2.27. The van der Waals surface area contributed by atoms with E-state index in [1.807, 2.05) is 24.3 Å². The molecule has 0 saturated heterocycles. The van der Waals surface area contributed by atoms with Crippen LogP contribution in [-0.2, 0) is 11.0 Å². The molecule has 0 heterocycles. The molecule has 3 nitrogen and oxygen atoms in total. The number of hydrogen-bond acceptors (Lipinski definition) is 2. The summed E-state index contributed by atoms with van der Waals surface area (Å²) in [6.07, 6.45) is 7.36. The minimum atomic E-state index is -2.39. The van der Waals surface area contributed by atoms with Gasteiger partial charge < -0.3 is 9.63 Å². The number of aryl methyl sites for hydroxylation is 1. The summed E-state index contributed by atoms with van der Waals surface area (Å²) in [5.74, 6) is 0.896. The highest BCUT2D eigenvalue weighted by molar-refractivity contribution is 7.37. The van der Waals surface area contributed by atoms with Crippen LogP contribution in [-0.4, -0.2) is 17.2 Å². The van der Waals surface area contributed by atoms with Crippen LogP contribution >= 0.6 is 8.03 Å². The van der Waals surface area contributed by atoms with Gasteiger partial charge in [-0.2, -0.15) is 0 Å². The first-order valence-electron chi connectivity index (χ1n) is 6.72. The van der Waals surface area contributed by atoms with Crippen molar-refractivity contribution in [3.8, 4) is 5.75 Å². The maximum atomic E-state index is 10.8. The zero-order valence-electron chi connectivity index (χ0n) is 10.6. The second-order valence-electron chi connectivity index (χ2n) is 4.88. The molecule has 0 radical (unpaired) electrons. The van der Waals surface area contributed by atoms with Gasteiger partial charge in [0.2, 0.25) is 0 Å². The first-order valence-corrected chi connectivity index (χ1v) is 8.28. The van der Waals surface area contributed by atoms with Crippen molar-refractivity contribution in [2.45, 2.75) is 44.6 Å². The van der Waals surface area contributed by atoms with Crippen molar-refractivity contribution in [1.29, 1.82) is 0 Å². The summed E-state index contributed by atoms with van der Waals surface area (Å²) in [7, 11) is -2.39. The van der Waals surface area contributed by atoms with Crippen LogP contribution in [0.5, 0.6) is 5.75 Å². The standard InChI is InChI=1S/C14H21O3P/c15-18(16)11-10-12-6-4-5-9-14(12)17-13-7-2-1-3-8-13/h4-6,9,13,18H,1-3,7-8,10-11H2,(H,15,16). The fourth-order valence-corrected chi connectivity index (χ4v) is 2.91. The Bertz CT molecular complexity index is 400. The minimum absolute atomic E-state index is 0.325. The summed E-state index contributed by atoms with van der Waals surface area (Å²) < 4.78 is 16.9. The van der Waals surface area contributed by atoms with E-state index in [-0.39, 0.29) is 0 Å². The summed E-state index contributed by atoms with van der Waals surface area (Å²) >= 11 is 0. The molecule has 0 aliphatic heterocycles.